The average molecular weight is 442 g/mol. The van der Waals surface area contributed by atoms with Crippen LogP contribution in [0.5, 0.6) is 0 Å². The molecule has 158 valence electrons. The molecule has 0 aliphatic carbocycles. The van der Waals surface area contributed by atoms with Gasteiger partial charge in [-0.25, -0.2) is 0 Å². The number of nitrogens with one attached hydrogen (secondary N) is 1. The molecule has 2 aromatic carbocycles. The number of carbonyl (C=O) groups excluding carboxylic acids is 2. The van der Waals surface area contributed by atoms with Gasteiger partial charge in [0.15, 0.2) is 0 Å². The molecule has 1 aliphatic heterocycles. The molecule has 0 bridgehead atoms. The molecule has 32 heavy (non-hydrogen) atoms. The van der Waals surface area contributed by atoms with Gasteiger partial charge in [-0.1, -0.05) is 0 Å². The standard InChI is InChI=1S/C23H20N5O2.ClH.Li/c24-13-17-6-8-18(9-7-17)15-27-16-25-14-20(27)12-22(29)26-21-10-11-28(23(21)30)19-4-2-1-3-5-19;;/h1-9,12,14,16,21H,10-11,15H2,(H,26,29);1H;. The number of para-hydroxylation sites is 1. The fourth-order valence-corrected chi connectivity index (χ4v) is 3.81. The Kier molecular flexibility index (Phi) is 7.77. The zero-order chi connectivity index (χ0) is 21.8. The van der Waals surface area contributed by atoms with Crippen LogP contribution >= 0.6 is 12.4 Å². The second-order valence-corrected chi connectivity index (χ2v) is 7.65. The van der Waals surface area contributed by atoms with Crippen molar-refractivity contribution in [1.82, 2.24) is 14.9 Å². The fourth-order valence-electron chi connectivity index (χ4n) is 3.81. The maximum absolute atomic E-state index is 12.9. The average Bonchev–Trinajstić information content (AvgIpc) is 3.41. The van der Waals surface area contributed by atoms with Gasteiger partial charge in [-0.05, 0) is 0 Å². The second-order valence-electron chi connectivity index (χ2n) is 7.65. The number of anilines is 1. The van der Waals surface area contributed by atoms with Gasteiger partial charge < -0.3 is 0 Å². The minimum atomic E-state index is -0.523. The van der Waals surface area contributed by atoms with Crippen molar-refractivity contribution in [3.63, 3.8) is 0 Å². The number of hydrogen-bond donors (Lipinski definition) is 1. The summed E-state index contributed by atoms with van der Waals surface area (Å²) in [7, 11) is 0. The molecular formula is C23H21ClLiN5O2. The fraction of sp³-hybridized carbons (Fsp3) is 0.217. The SMILES string of the molecule is Cl.[Li][C@@H](C(=O)NC1CCN(c2ccccc2)C1=O)c1cncn1Cc1ccc(C#N)cc1. The summed E-state index contributed by atoms with van der Waals surface area (Å²) in [5.41, 5.74) is 3.23. The first-order chi connectivity index (χ1) is 15.1. The summed E-state index contributed by atoms with van der Waals surface area (Å²) in [6.07, 6.45) is 3.95. The molecule has 0 saturated carbocycles. The molecule has 0 spiro atoms. The summed E-state index contributed by atoms with van der Waals surface area (Å²) in [5, 5.41) is 11.9. The number of nitrogens with zero attached hydrogens (tertiary/aromatic N) is 4. The van der Waals surface area contributed by atoms with E-state index in [2.05, 4.69) is 16.4 Å². The number of nitriles is 1. The van der Waals surface area contributed by atoms with Gasteiger partial charge in [-0.2, -0.15) is 0 Å². The monoisotopic (exact) mass is 441 g/mol. The molecule has 4 rings (SSSR count). The quantitative estimate of drug-likeness (QED) is 0.594. The molecule has 1 aromatic heterocycles. The zero-order valence-corrected chi connectivity index (χ0v) is 18.5. The van der Waals surface area contributed by atoms with Crippen LogP contribution in [0.15, 0.2) is 67.1 Å². The van der Waals surface area contributed by atoms with Crippen molar-refractivity contribution in [1.29, 1.82) is 5.26 Å². The summed E-state index contributed by atoms with van der Waals surface area (Å²) in [6, 6.07) is 18.4. The van der Waals surface area contributed by atoms with Crippen LogP contribution in [0, 0.1) is 11.3 Å². The Labute approximate surface area is 202 Å². The second kappa shape index (κ2) is 10.5. The van der Waals surface area contributed by atoms with E-state index in [4.69, 9.17) is 5.26 Å². The van der Waals surface area contributed by atoms with Gasteiger partial charge in [0, 0.05) is 0 Å². The molecule has 1 aliphatic rings. The van der Waals surface area contributed by atoms with Crippen LogP contribution in [-0.2, 0) is 16.1 Å². The zero-order valence-electron chi connectivity index (χ0n) is 17.6. The van der Waals surface area contributed by atoms with Gasteiger partial charge in [0.2, 0.25) is 0 Å². The number of imidazole rings is 1. The molecular weight excluding hydrogens is 421 g/mol. The van der Waals surface area contributed by atoms with Crippen molar-refractivity contribution >= 4 is 47.6 Å². The number of amides is 2. The topological polar surface area (TPSA) is 91.0 Å². The molecule has 2 amide bonds. The summed E-state index contributed by atoms with van der Waals surface area (Å²) in [6.45, 7) is 1.13. The van der Waals surface area contributed by atoms with E-state index < -0.39 is 10.6 Å². The van der Waals surface area contributed by atoms with E-state index in [0.29, 0.717) is 25.1 Å². The maximum atomic E-state index is 12.9. The van der Waals surface area contributed by atoms with Crippen LogP contribution in [0.3, 0.4) is 0 Å². The Balaban J connectivity index is 0.00000289. The number of rotatable bonds is 6. The van der Waals surface area contributed by atoms with Crippen LogP contribution in [0.4, 0.5) is 5.69 Å². The molecule has 1 unspecified atom stereocenters. The van der Waals surface area contributed by atoms with Crippen molar-refractivity contribution in [2.24, 2.45) is 0 Å². The molecule has 9 heteroatoms. The van der Waals surface area contributed by atoms with E-state index >= 15 is 0 Å². The Morgan fingerprint density at radius 3 is 2.62 bits per heavy atom. The third kappa shape index (κ3) is 5.06. The first-order valence-corrected chi connectivity index (χ1v) is 10.2. The van der Waals surface area contributed by atoms with E-state index in [9.17, 15) is 9.59 Å². The third-order valence-electron chi connectivity index (χ3n) is 5.61. The van der Waals surface area contributed by atoms with Gasteiger partial charge in [-0.3, -0.25) is 0 Å². The number of aromatic nitrogens is 2. The normalized spacial score (nSPS) is 16.2. The number of benzene rings is 2. The predicted molar refractivity (Wildman–Crippen MR) is 124 cm³/mol. The van der Waals surface area contributed by atoms with Gasteiger partial charge in [0.05, 0.1) is 0 Å². The van der Waals surface area contributed by atoms with Gasteiger partial charge in [0.1, 0.15) is 0 Å². The van der Waals surface area contributed by atoms with Crippen LogP contribution in [0.2, 0.25) is 0 Å². The van der Waals surface area contributed by atoms with Crippen LogP contribution in [0.1, 0.15) is 27.8 Å². The van der Waals surface area contributed by atoms with E-state index in [1.54, 1.807) is 29.6 Å². The first kappa shape index (κ1) is 23.6. The predicted octanol–water partition coefficient (Wildman–Crippen LogP) is 2.36. The Bertz CT molecular complexity index is 1130. The van der Waals surface area contributed by atoms with Gasteiger partial charge >= 0.3 is 190 Å². The molecule has 3 aromatic rings. The van der Waals surface area contributed by atoms with Crippen LogP contribution in [-0.4, -0.2) is 51.7 Å². The number of halogens is 1. The molecule has 1 saturated heterocycles. The van der Waals surface area contributed by atoms with E-state index in [0.717, 1.165) is 16.9 Å². The van der Waals surface area contributed by atoms with E-state index in [-0.39, 0.29) is 24.2 Å². The van der Waals surface area contributed by atoms with Crippen molar-refractivity contribution < 1.29 is 9.59 Å². The summed E-state index contributed by atoms with van der Waals surface area (Å²) < 4.78 is 1.46. The van der Waals surface area contributed by atoms with Crippen LogP contribution in [0.25, 0.3) is 0 Å². The van der Waals surface area contributed by atoms with Gasteiger partial charge in [0.25, 0.3) is 0 Å². The van der Waals surface area contributed by atoms with Crippen molar-refractivity contribution in [2.75, 3.05) is 11.4 Å². The van der Waals surface area contributed by atoms with Crippen molar-refractivity contribution in [2.45, 2.75) is 23.6 Å². The van der Waals surface area contributed by atoms with E-state index in [1.807, 2.05) is 64.7 Å². The Morgan fingerprint density at radius 2 is 1.94 bits per heavy atom. The summed E-state index contributed by atoms with van der Waals surface area (Å²) in [5.74, 6) is -0.285. The number of carbonyl (C=O) groups is 2. The van der Waals surface area contributed by atoms with E-state index in [1.165, 1.54) is 0 Å². The summed E-state index contributed by atoms with van der Waals surface area (Å²) in [4.78, 5) is 31.6. The molecule has 1 fully saturated rings. The molecule has 0 radical (unpaired) electrons. The minimum absolute atomic E-state index is 0. The number of hydrogen-bond acceptors (Lipinski definition) is 4. The Morgan fingerprint density at radius 1 is 1.22 bits per heavy atom. The first-order valence-electron chi connectivity index (χ1n) is 10.2. The Hall–Kier alpha value is -3.03. The molecule has 1 N–H and O–H groups in total. The third-order valence-corrected chi connectivity index (χ3v) is 5.61. The van der Waals surface area contributed by atoms with Crippen LogP contribution < -0.4 is 10.2 Å². The van der Waals surface area contributed by atoms with Gasteiger partial charge in [-0.15, -0.1) is 12.4 Å². The molecule has 2 heterocycles. The van der Waals surface area contributed by atoms with Crippen molar-refractivity contribution in [3.8, 4) is 6.07 Å². The summed E-state index contributed by atoms with van der Waals surface area (Å²) >= 11 is 1.82. The van der Waals surface area contributed by atoms with Crippen molar-refractivity contribution in [3.05, 3.63) is 83.9 Å². The molecule has 7 nitrogen and oxygen atoms in total. The molecule has 2 atom stereocenters.